The Morgan fingerprint density at radius 1 is 0.978 bits per heavy atom. The van der Waals surface area contributed by atoms with Crippen molar-refractivity contribution in [3.63, 3.8) is 0 Å². The van der Waals surface area contributed by atoms with Gasteiger partial charge in [0.1, 0.15) is 6.67 Å². The second kappa shape index (κ2) is 14.7. The molecule has 3 aromatic rings. The maximum Gasteiger partial charge on any atom is 0.416 e. The molecule has 1 saturated heterocycles. The highest BCUT2D eigenvalue weighted by molar-refractivity contribution is 6.04. The van der Waals surface area contributed by atoms with Crippen molar-refractivity contribution < 1.29 is 18.0 Å². The van der Waals surface area contributed by atoms with Crippen molar-refractivity contribution in [3.8, 4) is 0 Å². The molecule has 8 nitrogen and oxygen atoms in total. The lowest BCUT2D eigenvalue weighted by Crippen LogP contribution is -2.43. The average molecular weight is 632 g/mol. The number of carbonyl (C=O) groups excluding carboxylic acids is 1. The molecular weight excluding hydrogens is 591 g/mol. The topological polar surface area (TPSA) is 75.6 Å². The molecule has 2 N–H and O–H groups in total. The van der Waals surface area contributed by atoms with E-state index in [1.165, 1.54) is 17.7 Å². The van der Waals surface area contributed by atoms with Crippen LogP contribution in [0.1, 0.15) is 33.5 Å². The van der Waals surface area contributed by atoms with E-state index in [9.17, 15) is 18.0 Å². The molecule has 1 fully saturated rings. The Bertz CT molecular complexity index is 1610. The fraction of sp³-hybridized carbons (Fsp3) is 0.343. The van der Waals surface area contributed by atoms with Crippen LogP contribution < -0.4 is 15.5 Å². The monoisotopic (exact) mass is 631 g/mol. The Morgan fingerprint density at radius 3 is 2.52 bits per heavy atom. The van der Waals surface area contributed by atoms with Crippen LogP contribution in [0.2, 0.25) is 0 Å². The van der Waals surface area contributed by atoms with Crippen molar-refractivity contribution in [1.82, 2.24) is 9.80 Å². The van der Waals surface area contributed by atoms with Crippen LogP contribution in [0, 0.1) is 6.92 Å². The molecule has 0 aromatic heterocycles. The van der Waals surface area contributed by atoms with Crippen LogP contribution in [0.15, 0.2) is 88.0 Å². The first kappa shape index (κ1) is 32.9. The van der Waals surface area contributed by atoms with Gasteiger partial charge in [-0.15, -0.1) is 0 Å². The molecule has 2 heterocycles. The smallest absolute Gasteiger partial charge is 0.366 e. The summed E-state index contributed by atoms with van der Waals surface area (Å²) in [7, 11) is 2.16. The van der Waals surface area contributed by atoms with Gasteiger partial charge >= 0.3 is 6.18 Å². The number of piperazine rings is 1. The molecule has 242 valence electrons. The third kappa shape index (κ3) is 8.61. The molecule has 46 heavy (non-hydrogen) atoms. The molecule has 2 aliphatic rings. The Hall–Kier alpha value is -4.48. The van der Waals surface area contributed by atoms with Gasteiger partial charge in [-0.3, -0.25) is 19.7 Å². The number of hydrogen-bond donors (Lipinski definition) is 2. The fourth-order valence-electron chi connectivity index (χ4n) is 5.68. The summed E-state index contributed by atoms with van der Waals surface area (Å²) in [4.78, 5) is 28.7. The maximum absolute atomic E-state index is 13.2. The third-order valence-corrected chi connectivity index (χ3v) is 8.35. The number of rotatable bonds is 10. The molecule has 0 unspecified atom stereocenters. The van der Waals surface area contributed by atoms with Gasteiger partial charge in [-0.2, -0.15) is 13.2 Å². The van der Waals surface area contributed by atoms with E-state index >= 15 is 0 Å². The number of nitrogens with one attached hydrogen (secondary N) is 2. The summed E-state index contributed by atoms with van der Waals surface area (Å²) < 4.78 is 39.5. The van der Waals surface area contributed by atoms with Crippen LogP contribution in [0.5, 0.6) is 0 Å². The minimum Gasteiger partial charge on any atom is -0.366 e. The average Bonchev–Trinajstić information content (AvgIpc) is 3.05. The van der Waals surface area contributed by atoms with Gasteiger partial charge < -0.3 is 20.4 Å². The van der Waals surface area contributed by atoms with E-state index < -0.39 is 17.6 Å². The van der Waals surface area contributed by atoms with Crippen LogP contribution >= 0.6 is 0 Å². The Labute approximate surface area is 268 Å². The molecule has 0 bridgehead atoms. The highest BCUT2D eigenvalue weighted by Gasteiger charge is 2.31. The fourth-order valence-corrected chi connectivity index (χ4v) is 5.68. The van der Waals surface area contributed by atoms with Crippen LogP contribution in [-0.2, 0) is 12.7 Å². The number of aliphatic imine (C=N–C) groups is 2. The van der Waals surface area contributed by atoms with Crippen LogP contribution in [0.4, 0.5) is 30.2 Å². The summed E-state index contributed by atoms with van der Waals surface area (Å²) in [6, 6.07) is 18.3. The lowest BCUT2D eigenvalue weighted by atomic mass is 10.0. The number of halogens is 3. The minimum absolute atomic E-state index is 0.0616. The summed E-state index contributed by atoms with van der Waals surface area (Å²) in [6.07, 6.45) is -2.01. The molecule has 0 radical (unpaired) electrons. The van der Waals surface area contributed by atoms with E-state index in [2.05, 4.69) is 67.3 Å². The zero-order valence-corrected chi connectivity index (χ0v) is 26.3. The maximum atomic E-state index is 13.2. The largest absolute Gasteiger partial charge is 0.416 e. The van der Waals surface area contributed by atoms with Crippen molar-refractivity contribution in [3.05, 3.63) is 100 Å². The predicted octanol–water partition coefficient (Wildman–Crippen LogP) is 6.32. The summed E-state index contributed by atoms with van der Waals surface area (Å²) in [5.41, 5.74) is 5.60. The number of hydrogen-bond acceptors (Lipinski definition) is 7. The van der Waals surface area contributed by atoms with E-state index in [0.717, 1.165) is 73.1 Å². The van der Waals surface area contributed by atoms with Crippen LogP contribution in [0.25, 0.3) is 0 Å². The van der Waals surface area contributed by atoms with Gasteiger partial charge in [-0.1, -0.05) is 24.3 Å². The van der Waals surface area contributed by atoms with Gasteiger partial charge in [0.25, 0.3) is 5.91 Å². The van der Waals surface area contributed by atoms with Gasteiger partial charge in [0, 0.05) is 92.3 Å². The van der Waals surface area contributed by atoms with Crippen molar-refractivity contribution in [2.24, 2.45) is 9.98 Å². The van der Waals surface area contributed by atoms with Gasteiger partial charge in [-0.25, -0.2) is 0 Å². The first-order chi connectivity index (χ1) is 22.1. The molecule has 0 aliphatic carbocycles. The quantitative estimate of drug-likeness (QED) is 0.256. The normalized spacial score (nSPS) is 16.6. The van der Waals surface area contributed by atoms with Crippen LogP contribution in [0.3, 0.4) is 0 Å². The SMILES string of the molecule is C=NC1=C(C=NCNc2cccc(CN3CCN(C)CC3)c2)CN(c2cc(NC(=O)c3cccc(C(F)(F)F)c3)ccc2C)CC1. The Morgan fingerprint density at radius 2 is 1.76 bits per heavy atom. The molecular formula is C35H40F3N7O. The van der Waals surface area contributed by atoms with E-state index in [-0.39, 0.29) is 5.56 Å². The number of benzene rings is 3. The van der Waals surface area contributed by atoms with E-state index in [0.29, 0.717) is 31.9 Å². The van der Waals surface area contributed by atoms with Gasteiger partial charge in [0.05, 0.1) is 5.56 Å². The number of alkyl halides is 3. The molecule has 0 spiro atoms. The first-order valence-electron chi connectivity index (χ1n) is 15.4. The van der Waals surface area contributed by atoms with Gasteiger partial charge in [-0.05, 0) is 74.3 Å². The number of amides is 1. The standard InChI is InChI=1S/C35H40F3N7O/c1-25-10-11-31(42-34(46)27-7-5-8-29(19-27)35(36,37)38)20-33(25)45-13-12-32(39-2)28(23-45)21-40-24-41-30-9-4-6-26(18-30)22-44-16-14-43(3)15-17-44/h4-11,18-21,41H,2,12-17,22-24H2,1,3H3,(H,42,46). The molecule has 0 atom stereocenters. The molecule has 1 amide bonds. The second-order valence-corrected chi connectivity index (χ2v) is 11.8. The van der Waals surface area contributed by atoms with Crippen molar-refractivity contribution in [1.29, 1.82) is 0 Å². The highest BCUT2D eigenvalue weighted by Crippen LogP contribution is 2.31. The number of nitrogens with zero attached hydrogens (tertiary/aromatic N) is 5. The molecule has 3 aromatic carbocycles. The second-order valence-electron chi connectivity index (χ2n) is 11.8. The first-order valence-corrected chi connectivity index (χ1v) is 15.4. The lowest BCUT2D eigenvalue weighted by molar-refractivity contribution is -0.137. The lowest BCUT2D eigenvalue weighted by Gasteiger charge is -2.32. The van der Waals surface area contributed by atoms with E-state index in [1.54, 1.807) is 6.07 Å². The Kier molecular flexibility index (Phi) is 10.5. The molecule has 2 aliphatic heterocycles. The number of aryl methyl sites for hydroxylation is 1. The summed E-state index contributed by atoms with van der Waals surface area (Å²) in [6.45, 7) is 12.6. The number of anilines is 3. The van der Waals surface area contributed by atoms with E-state index in [4.69, 9.17) is 0 Å². The van der Waals surface area contributed by atoms with Gasteiger partial charge in [0.15, 0.2) is 0 Å². The minimum atomic E-state index is -4.53. The van der Waals surface area contributed by atoms with Crippen LogP contribution in [-0.4, -0.2) is 81.6 Å². The predicted molar refractivity (Wildman–Crippen MR) is 180 cm³/mol. The molecule has 0 saturated carbocycles. The third-order valence-electron chi connectivity index (χ3n) is 8.35. The van der Waals surface area contributed by atoms with Gasteiger partial charge in [0.2, 0.25) is 0 Å². The molecule has 11 heteroatoms. The van der Waals surface area contributed by atoms with E-state index in [1.807, 2.05) is 31.3 Å². The van der Waals surface area contributed by atoms with Crippen molar-refractivity contribution in [2.75, 3.05) is 68.5 Å². The number of carbonyl (C=O) groups is 1. The van der Waals surface area contributed by atoms with Crippen molar-refractivity contribution >= 4 is 35.9 Å². The number of likely N-dealkylation sites (N-methyl/N-ethyl adjacent to an activating group) is 1. The highest BCUT2D eigenvalue weighted by atomic mass is 19.4. The summed E-state index contributed by atoms with van der Waals surface area (Å²) in [5.74, 6) is -0.609. The summed E-state index contributed by atoms with van der Waals surface area (Å²) >= 11 is 0. The zero-order chi connectivity index (χ0) is 32.7. The zero-order valence-electron chi connectivity index (χ0n) is 26.3. The summed E-state index contributed by atoms with van der Waals surface area (Å²) in [5, 5.41) is 6.14. The molecule has 5 rings (SSSR count). The van der Waals surface area contributed by atoms with Crippen molar-refractivity contribution in [2.45, 2.75) is 26.1 Å². The Balaban J connectivity index is 1.21.